The van der Waals surface area contributed by atoms with E-state index in [9.17, 15) is 0 Å². The van der Waals surface area contributed by atoms with E-state index < -0.39 is 0 Å². The maximum atomic E-state index is 5.77. The zero-order valence-corrected chi connectivity index (χ0v) is 9.47. The first-order chi connectivity index (χ1) is 6.68. The van der Waals surface area contributed by atoms with Gasteiger partial charge in [-0.15, -0.1) is 0 Å². The predicted molar refractivity (Wildman–Crippen MR) is 58.8 cm³/mol. The maximum absolute atomic E-state index is 5.77. The van der Waals surface area contributed by atoms with E-state index in [-0.39, 0.29) is 0 Å². The summed E-state index contributed by atoms with van der Waals surface area (Å²) in [5.74, 6) is 0. The van der Waals surface area contributed by atoms with Crippen molar-refractivity contribution in [1.82, 2.24) is 0 Å². The summed E-state index contributed by atoms with van der Waals surface area (Å²) in [6.07, 6.45) is 0. The van der Waals surface area contributed by atoms with E-state index in [0.29, 0.717) is 6.61 Å². The summed E-state index contributed by atoms with van der Waals surface area (Å²) >= 11 is 5.77. The van der Waals surface area contributed by atoms with Crippen LogP contribution in [0.3, 0.4) is 0 Å². The Morgan fingerprint density at radius 3 is 2.43 bits per heavy atom. The number of benzene rings is 1. The van der Waals surface area contributed by atoms with E-state index in [4.69, 9.17) is 16.3 Å². The lowest BCUT2D eigenvalue weighted by molar-refractivity contribution is -0.858. The molecule has 0 bridgehead atoms. The van der Waals surface area contributed by atoms with Gasteiger partial charge < -0.3 is 9.64 Å². The molecule has 2 nitrogen and oxygen atoms in total. The van der Waals surface area contributed by atoms with Crippen molar-refractivity contribution in [2.75, 3.05) is 27.2 Å². The molecule has 1 rings (SSSR count). The van der Waals surface area contributed by atoms with E-state index in [1.165, 1.54) is 10.5 Å². The lowest BCUT2D eigenvalue weighted by atomic mass is 10.2. The number of nitrogens with one attached hydrogen (secondary N) is 1. The second kappa shape index (κ2) is 6.02. The molecule has 1 aromatic carbocycles. The van der Waals surface area contributed by atoms with Gasteiger partial charge in [0, 0.05) is 5.02 Å². The minimum atomic E-state index is 0.671. The first-order valence-corrected chi connectivity index (χ1v) is 5.17. The van der Waals surface area contributed by atoms with E-state index in [1.807, 2.05) is 24.3 Å². The molecule has 78 valence electrons. The molecule has 0 aliphatic heterocycles. The van der Waals surface area contributed by atoms with Crippen molar-refractivity contribution in [3.05, 3.63) is 34.9 Å². The third kappa shape index (κ3) is 4.61. The fraction of sp³-hybridized carbons (Fsp3) is 0.455. The number of halogens is 1. The molecule has 3 heteroatoms. The van der Waals surface area contributed by atoms with Crippen LogP contribution in [0, 0.1) is 0 Å². The molecule has 0 heterocycles. The van der Waals surface area contributed by atoms with Crippen molar-refractivity contribution >= 4 is 11.6 Å². The van der Waals surface area contributed by atoms with Gasteiger partial charge in [-0.3, -0.25) is 0 Å². The summed E-state index contributed by atoms with van der Waals surface area (Å²) in [5.41, 5.74) is 1.17. The molecule has 0 aliphatic carbocycles. The van der Waals surface area contributed by atoms with Crippen LogP contribution in [0.4, 0.5) is 0 Å². The Labute approximate surface area is 90.4 Å². The summed E-state index contributed by atoms with van der Waals surface area (Å²) in [6.45, 7) is 2.50. The first-order valence-electron chi connectivity index (χ1n) is 4.79. The third-order valence-corrected chi connectivity index (χ3v) is 2.18. The fourth-order valence-corrected chi connectivity index (χ4v) is 1.17. The molecule has 0 aromatic heterocycles. The number of ether oxygens (including phenoxy) is 1. The third-order valence-electron chi connectivity index (χ3n) is 1.93. The highest BCUT2D eigenvalue weighted by Gasteiger charge is 1.95. The minimum absolute atomic E-state index is 0.671. The molecule has 0 atom stereocenters. The number of likely N-dealkylation sites (N-methyl/N-ethyl adjacent to an activating group) is 1. The molecule has 0 fully saturated rings. The van der Waals surface area contributed by atoms with Crippen LogP contribution < -0.4 is 4.90 Å². The highest BCUT2D eigenvalue weighted by molar-refractivity contribution is 6.30. The van der Waals surface area contributed by atoms with Gasteiger partial charge in [0.25, 0.3) is 0 Å². The van der Waals surface area contributed by atoms with Crippen LogP contribution in [-0.2, 0) is 11.3 Å². The van der Waals surface area contributed by atoms with Gasteiger partial charge >= 0.3 is 0 Å². The molecule has 1 N–H and O–H groups in total. The van der Waals surface area contributed by atoms with Crippen molar-refractivity contribution in [3.63, 3.8) is 0 Å². The molecule has 0 saturated heterocycles. The average molecular weight is 215 g/mol. The maximum Gasteiger partial charge on any atom is 0.100 e. The van der Waals surface area contributed by atoms with E-state index in [2.05, 4.69) is 14.1 Å². The monoisotopic (exact) mass is 214 g/mol. The Morgan fingerprint density at radius 1 is 1.21 bits per heavy atom. The number of hydrogen-bond acceptors (Lipinski definition) is 1. The molecule has 1 aromatic rings. The van der Waals surface area contributed by atoms with Crippen LogP contribution in [0.5, 0.6) is 0 Å². The van der Waals surface area contributed by atoms with Gasteiger partial charge in [-0.25, -0.2) is 0 Å². The van der Waals surface area contributed by atoms with Crippen molar-refractivity contribution in [2.24, 2.45) is 0 Å². The molecular weight excluding hydrogens is 198 g/mol. The van der Waals surface area contributed by atoms with Crippen LogP contribution in [0.25, 0.3) is 0 Å². The Morgan fingerprint density at radius 2 is 1.86 bits per heavy atom. The molecule has 0 spiro atoms. The number of rotatable bonds is 5. The van der Waals surface area contributed by atoms with E-state index >= 15 is 0 Å². The first kappa shape index (κ1) is 11.5. The summed E-state index contributed by atoms with van der Waals surface area (Å²) in [5, 5.41) is 0.770. The lowest BCUT2D eigenvalue weighted by Crippen LogP contribution is -3.06. The second-order valence-electron chi connectivity index (χ2n) is 3.64. The van der Waals surface area contributed by atoms with Crippen LogP contribution in [0.2, 0.25) is 5.02 Å². The van der Waals surface area contributed by atoms with Crippen molar-refractivity contribution in [1.29, 1.82) is 0 Å². The van der Waals surface area contributed by atoms with Gasteiger partial charge in [-0.1, -0.05) is 23.7 Å². The van der Waals surface area contributed by atoms with Crippen LogP contribution in [0.15, 0.2) is 24.3 Å². The van der Waals surface area contributed by atoms with Crippen LogP contribution in [-0.4, -0.2) is 27.2 Å². The molecule has 14 heavy (non-hydrogen) atoms. The van der Waals surface area contributed by atoms with Gasteiger partial charge in [-0.2, -0.15) is 0 Å². The normalized spacial score (nSPS) is 10.9. The summed E-state index contributed by atoms with van der Waals surface area (Å²) in [7, 11) is 4.23. The topological polar surface area (TPSA) is 13.7 Å². The Hall–Kier alpha value is -0.570. The predicted octanol–water partition coefficient (Wildman–Crippen LogP) is 1.00. The Balaban J connectivity index is 2.21. The molecule has 0 saturated carbocycles. The molecular formula is C11H17ClNO+. The standard InChI is InChI=1S/C11H16ClNO/c1-13(2)7-8-14-9-10-3-5-11(12)6-4-10/h3-6H,7-9H2,1-2H3/p+1. The average Bonchev–Trinajstić information content (AvgIpc) is 2.15. The zero-order chi connectivity index (χ0) is 10.4. The zero-order valence-electron chi connectivity index (χ0n) is 8.72. The Bertz CT molecular complexity index is 258. The van der Waals surface area contributed by atoms with Crippen molar-refractivity contribution in [2.45, 2.75) is 6.61 Å². The van der Waals surface area contributed by atoms with Gasteiger partial charge in [0.05, 0.1) is 27.3 Å². The highest BCUT2D eigenvalue weighted by atomic mass is 35.5. The van der Waals surface area contributed by atoms with Gasteiger partial charge in [0.1, 0.15) is 6.54 Å². The smallest absolute Gasteiger partial charge is 0.100 e. The van der Waals surface area contributed by atoms with E-state index in [0.717, 1.165) is 18.2 Å². The second-order valence-corrected chi connectivity index (χ2v) is 4.07. The SMILES string of the molecule is C[NH+](C)CCOCc1ccc(Cl)cc1. The van der Waals surface area contributed by atoms with Gasteiger partial charge in [-0.05, 0) is 17.7 Å². The van der Waals surface area contributed by atoms with Crippen molar-refractivity contribution in [3.8, 4) is 0 Å². The van der Waals surface area contributed by atoms with Crippen molar-refractivity contribution < 1.29 is 9.64 Å². The summed E-state index contributed by atoms with van der Waals surface area (Å²) in [4.78, 5) is 1.40. The summed E-state index contributed by atoms with van der Waals surface area (Å²) < 4.78 is 5.51. The lowest BCUT2D eigenvalue weighted by Gasteiger charge is -2.07. The molecule has 0 aliphatic rings. The number of quaternary nitrogens is 1. The minimum Gasteiger partial charge on any atom is -0.371 e. The summed E-state index contributed by atoms with van der Waals surface area (Å²) in [6, 6.07) is 7.75. The Kier molecular flexibility index (Phi) is 4.94. The quantitative estimate of drug-likeness (QED) is 0.723. The number of hydrogen-bond donors (Lipinski definition) is 1. The van der Waals surface area contributed by atoms with Crippen LogP contribution >= 0.6 is 11.6 Å². The molecule has 0 amide bonds. The van der Waals surface area contributed by atoms with Crippen LogP contribution in [0.1, 0.15) is 5.56 Å². The highest BCUT2D eigenvalue weighted by Crippen LogP contribution is 2.09. The molecule has 0 radical (unpaired) electrons. The van der Waals surface area contributed by atoms with E-state index in [1.54, 1.807) is 0 Å². The van der Waals surface area contributed by atoms with Gasteiger partial charge in [0.2, 0.25) is 0 Å². The largest absolute Gasteiger partial charge is 0.371 e. The fourth-order valence-electron chi connectivity index (χ4n) is 1.05. The molecule has 0 unspecified atom stereocenters. The van der Waals surface area contributed by atoms with Gasteiger partial charge in [0.15, 0.2) is 0 Å².